The number of benzene rings is 3. The van der Waals surface area contributed by atoms with Crippen molar-refractivity contribution in [2.75, 3.05) is 13.7 Å². The monoisotopic (exact) mass is 638 g/mol. The van der Waals surface area contributed by atoms with Crippen molar-refractivity contribution in [2.45, 2.75) is 45.4 Å². The minimum Gasteiger partial charge on any atom is -0.493 e. The van der Waals surface area contributed by atoms with Gasteiger partial charge in [-0.1, -0.05) is 91.0 Å². The molecule has 5 rings (SSSR count). The van der Waals surface area contributed by atoms with Crippen LogP contribution in [0.2, 0.25) is 0 Å². The SMILES string of the molecule is COC(=O)[C@@]12CC=C(OCc3ccccc3)[C@H]([C@H](OCc3ccccc3)[C@@H](COCc3ccccc3)OC(C)=O)[C@@H]1C(=O)C=CC2=O. The summed E-state index contributed by atoms with van der Waals surface area (Å²) in [6.07, 6.45) is 1.70. The number of fused-ring (bicyclic) bond motifs is 1. The average Bonchev–Trinajstić information content (AvgIpc) is 3.09. The number of hydrogen-bond acceptors (Lipinski definition) is 9. The van der Waals surface area contributed by atoms with Crippen LogP contribution in [0.4, 0.5) is 0 Å². The second-order valence-electron chi connectivity index (χ2n) is 11.6. The lowest BCUT2D eigenvalue weighted by Crippen LogP contribution is -2.59. The summed E-state index contributed by atoms with van der Waals surface area (Å²) in [5, 5.41) is 0. The van der Waals surface area contributed by atoms with Crippen molar-refractivity contribution in [1.82, 2.24) is 0 Å². The molecule has 0 bridgehead atoms. The maximum atomic E-state index is 13.9. The Hall–Kier alpha value is -4.86. The fraction of sp³-hybridized carbons (Fsp3) is 0.316. The van der Waals surface area contributed by atoms with Gasteiger partial charge in [0.2, 0.25) is 0 Å². The minimum atomic E-state index is -1.86. The first-order chi connectivity index (χ1) is 22.8. The van der Waals surface area contributed by atoms with Gasteiger partial charge in [-0.3, -0.25) is 19.2 Å². The van der Waals surface area contributed by atoms with Crippen molar-refractivity contribution in [3.63, 3.8) is 0 Å². The fourth-order valence-electron chi connectivity index (χ4n) is 6.31. The number of carbonyl (C=O) groups excluding carboxylic acids is 4. The maximum absolute atomic E-state index is 13.9. The van der Waals surface area contributed by atoms with E-state index >= 15 is 0 Å². The molecule has 3 aromatic carbocycles. The van der Waals surface area contributed by atoms with Gasteiger partial charge in [0.25, 0.3) is 0 Å². The molecule has 0 aromatic heterocycles. The molecule has 2 aliphatic carbocycles. The van der Waals surface area contributed by atoms with Crippen LogP contribution in [-0.2, 0) is 62.7 Å². The highest BCUT2D eigenvalue weighted by molar-refractivity contribution is 6.18. The van der Waals surface area contributed by atoms with Gasteiger partial charge in [-0.15, -0.1) is 0 Å². The standard InChI is InChI=1S/C38H38O9/c1-26(39)47-32(25-44-22-27-12-6-3-7-13-27)36(46-24-29-16-10-5-11-17-29)34-31(45-23-28-14-8-4-9-15-28)20-21-38(37(42)43-2)33(41)19-18-30(40)35(34)38/h3-20,32,34-36H,21-25H2,1-2H3/t32-,34+,35+,36-,38-/m1/s1. The Morgan fingerprint density at radius 2 is 1.38 bits per heavy atom. The summed E-state index contributed by atoms with van der Waals surface area (Å²) < 4.78 is 30.1. The van der Waals surface area contributed by atoms with Crippen LogP contribution < -0.4 is 0 Å². The Morgan fingerprint density at radius 3 is 1.96 bits per heavy atom. The lowest BCUT2D eigenvalue weighted by molar-refractivity contribution is -0.182. The van der Waals surface area contributed by atoms with Crippen LogP contribution in [0.25, 0.3) is 0 Å². The van der Waals surface area contributed by atoms with Gasteiger partial charge < -0.3 is 23.7 Å². The lowest BCUT2D eigenvalue weighted by Gasteiger charge is -2.47. The predicted molar refractivity (Wildman–Crippen MR) is 171 cm³/mol. The number of esters is 2. The van der Waals surface area contributed by atoms with Gasteiger partial charge in [-0.25, -0.2) is 0 Å². The van der Waals surface area contributed by atoms with Crippen molar-refractivity contribution in [3.8, 4) is 0 Å². The number of hydrogen-bond donors (Lipinski definition) is 0. The molecular formula is C38H38O9. The van der Waals surface area contributed by atoms with Gasteiger partial charge in [0.05, 0.1) is 44.5 Å². The Labute approximate surface area is 274 Å². The van der Waals surface area contributed by atoms with E-state index in [1.165, 1.54) is 20.1 Å². The zero-order valence-electron chi connectivity index (χ0n) is 26.4. The van der Waals surface area contributed by atoms with Crippen LogP contribution in [-0.4, -0.2) is 49.4 Å². The van der Waals surface area contributed by atoms with E-state index in [0.29, 0.717) is 5.76 Å². The predicted octanol–water partition coefficient (Wildman–Crippen LogP) is 5.32. The van der Waals surface area contributed by atoms with E-state index in [-0.39, 0.29) is 32.8 Å². The van der Waals surface area contributed by atoms with Crippen LogP contribution in [0.5, 0.6) is 0 Å². The van der Waals surface area contributed by atoms with E-state index in [2.05, 4.69) is 0 Å². The molecule has 9 nitrogen and oxygen atoms in total. The molecule has 47 heavy (non-hydrogen) atoms. The molecule has 0 aliphatic heterocycles. The molecule has 0 unspecified atom stereocenters. The van der Waals surface area contributed by atoms with Crippen molar-refractivity contribution in [2.24, 2.45) is 17.3 Å². The van der Waals surface area contributed by atoms with Crippen molar-refractivity contribution >= 4 is 23.5 Å². The average molecular weight is 639 g/mol. The zero-order chi connectivity index (χ0) is 33.2. The van der Waals surface area contributed by atoms with E-state index in [1.54, 1.807) is 6.08 Å². The van der Waals surface area contributed by atoms with Gasteiger partial charge in [0.15, 0.2) is 17.7 Å². The van der Waals surface area contributed by atoms with Crippen LogP contribution in [0.1, 0.15) is 30.0 Å². The molecule has 0 N–H and O–H groups in total. The van der Waals surface area contributed by atoms with Gasteiger partial charge in [-0.05, 0) is 41.3 Å². The molecule has 2 aliphatic rings. The van der Waals surface area contributed by atoms with E-state index in [4.69, 9.17) is 23.7 Å². The maximum Gasteiger partial charge on any atom is 0.320 e. The Morgan fingerprint density at radius 1 is 0.809 bits per heavy atom. The molecule has 5 atom stereocenters. The summed E-state index contributed by atoms with van der Waals surface area (Å²) in [7, 11) is 1.19. The minimum absolute atomic E-state index is 0.0698. The third-order valence-electron chi connectivity index (χ3n) is 8.50. The van der Waals surface area contributed by atoms with Crippen molar-refractivity contribution < 1.29 is 42.9 Å². The molecule has 0 saturated carbocycles. The van der Waals surface area contributed by atoms with Crippen molar-refractivity contribution in [1.29, 1.82) is 0 Å². The molecule has 0 amide bonds. The Kier molecular flexibility index (Phi) is 11.1. The Bertz CT molecular complexity index is 1600. The van der Waals surface area contributed by atoms with E-state index < -0.39 is 53.0 Å². The number of carbonyl (C=O) groups is 4. The summed E-state index contributed by atoms with van der Waals surface area (Å²) in [4.78, 5) is 53.7. The van der Waals surface area contributed by atoms with Crippen LogP contribution >= 0.6 is 0 Å². The van der Waals surface area contributed by atoms with E-state index in [0.717, 1.165) is 22.8 Å². The molecular weight excluding hydrogens is 600 g/mol. The van der Waals surface area contributed by atoms with Crippen LogP contribution in [0.3, 0.4) is 0 Å². The topological polar surface area (TPSA) is 114 Å². The first kappa shape index (κ1) is 33.5. The van der Waals surface area contributed by atoms with Crippen LogP contribution in [0.15, 0.2) is 115 Å². The second kappa shape index (κ2) is 15.6. The number of ketones is 2. The van der Waals surface area contributed by atoms with E-state index in [9.17, 15) is 19.2 Å². The summed E-state index contributed by atoms with van der Waals surface area (Å²) in [5.74, 6) is -4.41. The summed E-state index contributed by atoms with van der Waals surface area (Å²) in [5.41, 5.74) is 0.738. The highest BCUT2D eigenvalue weighted by Gasteiger charge is 2.63. The number of rotatable bonds is 14. The highest BCUT2D eigenvalue weighted by Crippen LogP contribution is 2.51. The molecule has 244 valence electrons. The number of ether oxygens (including phenoxy) is 5. The zero-order valence-corrected chi connectivity index (χ0v) is 26.4. The molecule has 0 saturated heterocycles. The lowest BCUT2D eigenvalue weighted by atomic mass is 9.56. The number of allylic oxidation sites excluding steroid dienone is 3. The molecule has 0 spiro atoms. The van der Waals surface area contributed by atoms with Gasteiger partial charge in [-0.2, -0.15) is 0 Å². The first-order valence-electron chi connectivity index (χ1n) is 15.5. The normalized spacial score (nSPS) is 21.6. The van der Waals surface area contributed by atoms with Crippen LogP contribution in [0, 0.1) is 17.3 Å². The van der Waals surface area contributed by atoms with Gasteiger partial charge >= 0.3 is 11.9 Å². The second-order valence-corrected chi connectivity index (χ2v) is 11.6. The fourth-order valence-corrected chi connectivity index (χ4v) is 6.31. The smallest absolute Gasteiger partial charge is 0.320 e. The molecule has 0 fully saturated rings. The molecule has 9 heteroatoms. The number of methoxy groups -OCH3 is 1. The van der Waals surface area contributed by atoms with Crippen molar-refractivity contribution in [3.05, 3.63) is 132 Å². The summed E-state index contributed by atoms with van der Waals surface area (Å²) in [6, 6.07) is 28.3. The first-order valence-corrected chi connectivity index (χ1v) is 15.5. The summed E-state index contributed by atoms with van der Waals surface area (Å²) >= 11 is 0. The van der Waals surface area contributed by atoms with Gasteiger partial charge in [0, 0.05) is 6.92 Å². The van der Waals surface area contributed by atoms with E-state index in [1.807, 2.05) is 91.0 Å². The largest absolute Gasteiger partial charge is 0.493 e. The summed E-state index contributed by atoms with van der Waals surface area (Å²) in [6.45, 7) is 1.61. The molecule has 3 aromatic rings. The third-order valence-corrected chi connectivity index (χ3v) is 8.50. The highest BCUT2D eigenvalue weighted by atomic mass is 16.6. The third kappa shape index (κ3) is 7.76. The Balaban J connectivity index is 1.59. The molecule has 0 radical (unpaired) electrons. The van der Waals surface area contributed by atoms with Gasteiger partial charge in [0.1, 0.15) is 18.1 Å². The quantitative estimate of drug-likeness (QED) is 0.171. The molecule has 0 heterocycles.